The number of nitrogens with zero attached hydrogens (tertiary/aromatic N) is 1. The first-order chi connectivity index (χ1) is 9.04. The second-order valence-corrected chi connectivity index (χ2v) is 4.71. The van der Waals surface area contributed by atoms with Crippen LogP contribution in [0.4, 0.5) is 4.39 Å². The first kappa shape index (κ1) is 14.1. The zero-order valence-electron chi connectivity index (χ0n) is 10.0. The van der Waals surface area contributed by atoms with Gasteiger partial charge in [-0.3, -0.25) is 4.98 Å². The van der Waals surface area contributed by atoms with Crippen molar-refractivity contribution >= 4 is 23.2 Å². The summed E-state index contributed by atoms with van der Waals surface area (Å²) in [5.74, 6) is -0.400. The molecule has 6 heteroatoms. The lowest BCUT2D eigenvalue weighted by Crippen LogP contribution is -2.16. The molecule has 2 rings (SSSR count). The maximum absolute atomic E-state index is 14.1. The molecule has 0 bridgehead atoms. The van der Waals surface area contributed by atoms with Crippen LogP contribution in [0.5, 0.6) is 5.75 Å². The zero-order valence-corrected chi connectivity index (χ0v) is 11.5. The Kier molecular flexibility index (Phi) is 4.24. The van der Waals surface area contributed by atoms with Crippen LogP contribution in [-0.2, 0) is 0 Å². The lowest BCUT2D eigenvalue weighted by atomic mass is 10.0. The molecular weight excluding hydrogens is 290 g/mol. The van der Waals surface area contributed by atoms with Gasteiger partial charge in [0, 0.05) is 11.8 Å². The first-order valence-corrected chi connectivity index (χ1v) is 6.19. The molecule has 2 N–H and O–H groups in total. The third-order valence-electron chi connectivity index (χ3n) is 2.68. The van der Waals surface area contributed by atoms with Gasteiger partial charge in [0.2, 0.25) is 0 Å². The van der Waals surface area contributed by atoms with Gasteiger partial charge in [0.15, 0.2) is 11.6 Å². The van der Waals surface area contributed by atoms with Crippen molar-refractivity contribution in [2.75, 3.05) is 7.11 Å². The SMILES string of the molecule is COc1cccc(C(N)c2ncc(Cl)cc2Cl)c1F. The summed E-state index contributed by atoms with van der Waals surface area (Å²) < 4.78 is 19.0. The Bertz CT molecular complexity index is 607. The van der Waals surface area contributed by atoms with E-state index in [-0.39, 0.29) is 11.3 Å². The third kappa shape index (κ3) is 2.81. The minimum absolute atomic E-state index is 0.123. The number of methoxy groups -OCH3 is 1. The Balaban J connectivity index is 2.47. The van der Waals surface area contributed by atoms with E-state index in [0.717, 1.165) is 0 Å². The zero-order chi connectivity index (χ0) is 14.0. The highest BCUT2D eigenvalue weighted by molar-refractivity contribution is 6.34. The summed E-state index contributed by atoms with van der Waals surface area (Å²) in [5, 5.41) is 0.689. The second-order valence-electron chi connectivity index (χ2n) is 3.86. The number of hydrogen-bond acceptors (Lipinski definition) is 3. The number of pyridine rings is 1. The van der Waals surface area contributed by atoms with Crippen molar-refractivity contribution in [3.05, 3.63) is 57.6 Å². The van der Waals surface area contributed by atoms with Crippen molar-refractivity contribution in [3.63, 3.8) is 0 Å². The van der Waals surface area contributed by atoms with Crippen LogP contribution >= 0.6 is 23.2 Å². The highest BCUT2D eigenvalue weighted by atomic mass is 35.5. The highest BCUT2D eigenvalue weighted by Crippen LogP contribution is 2.30. The standard InChI is InChI=1S/C13H11Cl2FN2O/c1-19-10-4-2-3-8(11(10)16)12(17)13-9(15)5-7(14)6-18-13/h2-6,12H,17H2,1H3. The molecule has 100 valence electrons. The number of nitrogens with two attached hydrogens (primary N) is 1. The lowest BCUT2D eigenvalue weighted by Gasteiger charge is -2.15. The predicted octanol–water partition coefficient (Wildman–Crippen LogP) is 3.58. The third-order valence-corrected chi connectivity index (χ3v) is 3.19. The maximum Gasteiger partial charge on any atom is 0.170 e. The Hall–Kier alpha value is -1.36. The fourth-order valence-corrected chi connectivity index (χ4v) is 2.22. The number of benzene rings is 1. The summed E-state index contributed by atoms with van der Waals surface area (Å²) in [6, 6.07) is 5.46. The van der Waals surface area contributed by atoms with Crippen LogP contribution in [0.2, 0.25) is 10.0 Å². The maximum atomic E-state index is 14.1. The molecule has 0 aliphatic rings. The summed E-state index contributed by atoms with van der Waals surface area (Å²) >= 11 is 11.8. The molecule has 0 amide bonds. The molecule has 1 unspecified atom stereocenters. The molecule has 1 atom stereocenters. The minimum atomic E-state index is -0.792. The van der Waals surface area contributed by atoms with Gasteiger partial charge in [-0.15, -0.1) is 0 Å². The van der Waals surface area contributed by atoms with Gasteiger partial charge >= 0.3 is 0 Å². The molecule has 19 heavy (non-hydrogen) atoms. The van der Waals surface area contributed by atoms with Crippen molar-refractivity contribution in [2.24, 2.45) is 5.73 Å². The van der Waals surface area contributed by atoms with Crippen molar-refractivity contribution < 1.29 is 9.13 Å². The molecule has 0 aliphatic heterocycles. The summed E-state index contributed by atoms with van der Waals surface area (Å²) in [7, 11) is 1.39. The van der Waals surface area contributed by atoms with Gasteiger partial charge in [-0.05, 0) is 12.1 Å². The van der Waals surface area contributed by atoms with Gasteiger partial charge < -0.3 is 10.5 Å². The van der Waals surface area contributed by atoms with E-state index in [2.05, 4.69) is 4.98 Å². The van der Waals surface area contributed by atoms with Crippen LogP contribution in [0.1, 0.15) is 17.3 Å². The highest BCUT2D eigenvalue weighted by Gasteiger charge is 2.20. The first-order valence-electron chi connectivity index (χ1n) is 5.43. The summed E-state index contributed by atoms with van der Waals surface area (Å²) in [5.41, 5.74) is 6.63. The van der Waals surface area contributed by atoms with Crippen LogP contribution < -0.4 is 10.5 Å². The normalized spacial score (nSPS) is 12.3. The smallest absolute Gasteiger partial charge is 0.170 e. The van der Waals surface area contributed by atoms with E-state index >= 15 is 0 Å². The van der Waals surface area contributed by atoms with Gasteiger partial charge in [0.1, 0.15) is 0 Å². The van der Waals surface area contributed by atoms with Gasteiger partial charge in [0.25, 0.3) is 0 Å². The summed E-state index contributed by atoms with van der Waals surface area (Å²) in [4.78, 5) is 4.05. The molecule has 2 aromatic rings. The molecule has 1 aromatic carbocycles. The quantitative estimate of drug-likeness (QED) is 0.942. The van der Waals surface area contributed by atoms with Crippen molar-refractivity contribution in [1.29, 1.82) is 0 Å². The molecule has 0 radical (unpaired) electrons. The number of ether oxygens (including phenoxy) is 1. The average molecular weight is 301 g/mol. The van der Waals surface area contributed by atoms with E-state index in [4.69, 9.17) is 33.7 Å². The van der Waals surface area contributed by atoms with Crippen molar-refractivity contribution in [1.82, 2.24) is 4.98 Å². The van der Waals surface area contributed by atoms with E-state index in [0.29, 0.717) is 15.7 Å². The van der Waals surface area contributed by atoms with E-state index in [1.807, 2.05) is 0 Å². The van der Waals surface area contributed by atoms with Crippen molar-refractivity contribution in [3.8, 4) is 5.75 Å². The van der Waals surface area contributed by atoms with Crippen LogP contribution in [0.25, 0.3) is 0 Å². The average Bonchev–Trinajstić information content (AvgIpc) is 2.38. The largest absolute Gasteiger partial charge is 0.494 e. The fourth-order valence-electron chi connectivity index (χ4n) is 1.73. The second kappa shape index (κ2) is 5.74. The van der Waals surface area contributed by atoms with Crippen LogP contribution in [0.15, 0.2) is 30.5 Å². The van der Waals surface area contributed by atoms with Gasteiger partial charge in [-0.25, -0.2) is 4.39 Å². The summed E-state index contributed by atoms with van der Waals surface area (Å²) in [6.07, 6.45) is 1.42. The van der Waals surface area contributed by atoms with Crippen LogP contribution in [0.3, 0.4) is 0 Å². The monoisotopic (exact) mass is 300 g/mol. The summed E-state index contributed by atoms with van der Waals surface area (Å²) in [6.45, 7) is 0. The molecule has 0 saturated heterocycles. The number of rotatable bonds is 3. The molecule has 0 aliphatic carbocycles. The van der Waals surface area contributed by atoms with E-state index < -0.39 is 11.9 Å². The molecule has 3 nitrogen and oxygen atoms in total. The van der Waals surface area contributed by atoms with Gasteiger partial charge in [-0.2, -0.15) is 0 Å². The topological polar surface area (TPSA) is 48.1 Å². The number of aromatic nitrogens is 1. The van der Waals surface area contributed by atoms with Crippen LogP contribution in [-0.4, -0.2) is 12.1 Å². The minimum Gasteiger partial charge on any atom is -0.494 e. The van der Waals surface area contributed by atoms with Gasteiger partial charge in [0.05, 0.1) is 28.9 Å². The molecule has 1 heterocycles. The van der Waals surface area contributed by atoms with E-state index in [9.17, 15) is 4.39 Å². The lowest BCUT2D eigenvalue weighted by molar-refractivity contribution is 0.383. The Morgan fingerprint density at radius 1 is 1.37 bits per heavy atom. The Morgan fingerprint density at radius 3 is 2.74 bits per heavy atom. The molecule has 0 spiro atoms. The molecular formula is C13H11Cl2FN2O. The number of hydrogen-bond donors (Lipinski definition) is 1. The van der Waals surface area contributed by atoms with E-state index in [1.165, 1.54) is 25.4 Å². The van der Waals surface area contributed by atoms with Crippen molar-refractivity contribution in [2.45, 2.75) is 6.04 Å². The Labute approximate surface area is 120 Å². The molecule has 1 aromatic heterocycles. The van der Waals surface area contributed by atoms with Gasteiger partial charge in [-0.1, -0.05) is 35.3 Å². The van der Waals surface area contributed by atoms with E-state index in [1.54, 1.807) is 12.1 Å². The Morgan fingerprint density at radius 2 is 2.11 bits per heavy atom. The fraction of sp³-hybridized carbons (Fsp3) is 0.154. The van der Waals surface area contributed by atoms with Crippen LogP contribution in [0, 0.1) is 5.82 Å². The number of halogens is 3. The molecule has 0 saturated carbocycles. The predicted molar refractivity (Wildman–Crippen MR) is 73.2 cm³/mol. The molecule has 0 fully saturated rings.